The maximum Gasteiger partial charge on any atom is 0.229 e. The number of carbonyl (C=O) groups is 1. The lowest BCUT2D eigenvalue weighted by molar-refractivity contribution is 0.107. The molecular formula is C24H17O2P. The van der Waals surface area contributed by atoms with Gasteiger partial charge in [0.05, 0.1) is 0 Å². The van der Waals surface area contributed by atoms with Crippen molar-refractivity contribution in [1.29, 1.82) is 0 Å². The Labute approximate surface area is 159 Å². The first-order valence-electron chi connectivity index (χ1n) is 8.93. The largest absolute Gasteiger partial charge is 0.460 e. The molecule has 0 amide bonds. The molecule has 0 N–H and O–H groups in total. The van der Waals surface area contributed by atoms with Gasteiger partial charge in [-0.3, -0.25) is 4.79 Å². The molecule has 0 aromatic heterocycles. The molecular weight excluding hydrogens is 351 g/mol. The maximum absolute atomic E-state index is 13.7. The van der Waals surface area contributed by atoms with Crippen molar-refractivity contribution in [3.63, 3.8) is 0 Å². The van der Waals surface area contributed by atoms with Crippen LogP contribution in [-0.2, 0) is 0 Å². The van der Waals surface area contributed by atoms with E-state index < -0.39 is 8.15 Å². The normalized spacial score (nSPS) is 14.9. The quantitative estimate of drug-likeness (QED) is 0.401. The Morgan fingerprint density at radius 2 is 1.48 bits per heavy atom. The lowest BCUT2D eigenvalue weighted by Crippen LogP contribution is -2.20. The third-order valence-corrected chi connectivity index (χ3v) is 6.82. The van der Waals surface area contributed by atoms with Gasteiger partial charge in [-0.25, -0.2) is 0 Å². The molecule has 0 saturated heterocycles. The fourth-order valence-electron chi connectivity index (χ4n) is 3.71. The molecule has 0 spiro atoms. The number of hydrogen-bond donors (Lipinski definition) is 0. The summed E-state index contributed by atoms with van der Waals surface area (Å²) in [7, 11) is -1.44. The van der Waals surface area contributed by atoms with Gasteiger partial charge in [-0.2, -0.15) is 0 Å². The highest BCUT2D eigenvalue weighted by molar-refractivity contribution is 7.78. The minimum Gasteiger partial charge on any atom is -0.460 e. The highest BCUT2D eigenvalue weighted by Gasteiger charge is 2.34. The van der Waals surface area contributed by atoms with Crippen LogP contribution in [-0.4, -0.2) is 5.52 Å². The second kappa shape index (κ2) is 6.33. The molecule has 1 aliphatic heterocycles. The van der Waals surface area contributed by atoms with Crippen LogP contribution in [0.2, 0.25) is 0 Å². The molecule has 1 unspecified atom stereocenters. The average molecular weight is 368 g/mol. The molecule has 27 heavy (non-hydrogen) atoms. The Morgan fingerprint density at radius 3 is 2.37 bits per heavy atom. The van der Waals surface area contributed by atoms with Crippen molar-refractivity contribution in [2.24, 2.45) is 0 Å². The Hall–Kier alpha value is -2.96. The van der Waals surface area contributed by atoms with E-state index >= 15 is 0 Å². The molecule has 4 aromatic rings. The minimum atomic E-state index is -1.44. The van der Waals surface area contributed by atoms with Crippen LogP contribution in [0.25, 0.3) is 21.9 Å². The van der Waals surface area contributed by atoms with E-state index in [0.717, 1.165) is 44.1 Å². The summed E-state index contributed by atoms with van der Waals surface area (Å²) in [6.07, 6.45) is 0. The van der Waals surface area contributed by atoms with Crippen LogP contribution < -0.4 is 9.83 Å². The zero-order valence-electron chi connectivity index (χ0n) is 14.8. The molecule has 1 aliphatic rings. The van der Waals surface area contributed by atoms with Gasteiger partial charge >= 0.3 is 0 Å². The van der Waals surface area contributed by atoms with Gasteiger partial charge in [0.1, 0.15) is 5.75 Å². The second-order valence-electron chi connectivity index (χ2n) is 6.68. The van der Waals surface area contributed by atoms with E-state index in [0.29, 0.717) is 0 Å². The van der Waals surface area contributed by atoms with Crippen molar-refractivity contribution < 1.29 is 9.32 Å². The van der Waals surface area contributed by atoms with E-state index in [1.807, 2.05) is 73.7 Å². The first-order valence-corrected chi connectivity index (χ1v) is 10.2. The van der Waals surface area contributed by atoms with Gasteiger partial charge in [0.25, 0.3) is 0 Å². The fourth-order valence-corrected chi connectivity index (χ4v) is 5.60. The van der Waals surface area contributed by atoms with Crippen LogP contribution in [0.4, 0.5) is 0 Å². The van der Waals surface area contributed by atoms with Gasteiger partial charge in [-0.05, 0) is 34.9 Å². The maximum atomic E-state index is 13.7. The Kier molecular flexibility index (Phi) is 3.81. The van der Waals surface area contributed by atoms with Crippen LogP contribution >= 0.6 is 8.15 Å². The Morgan fingerprint density at radius 1 is 0.778 bits per heavy atom. The predicted molar refractivity (Wildman–Crippen MR) is 112 cm³/mol. The van der Waals surface area contributed by atoms with E-state index in [1.165, 1.54) is 0 Å². The summed E-state index contributed by atoms with van der Waals surface area (Å²) in [5.41, 5.74) is 3.97. The molecule has 0 saturated carbocycles. The minimum absolute atomic E-state index is 0.0706. The first-order chi connectivity index (χ1) is 13.2. The lowest BCUT2D eigenvalue weighted by Gasteiger charge is -2.27. The molecule has 1 atom stereocenters. The fraction of sp³-hybridized carbons (Fsp3) is 0.0417. The van der Waals surface area contributed by atoms with Crippen LogP contribution in [0.15, 0.2) is 84.9 Å². The van der Waals surface area contributed by atoms with Crippen molar-refractivity contribution in [2.75, 3.05) is 0 Å². The van der Waals surface area contributed by atoms with Crippen LogP contribution in [0.1, 0.15) is 15.9 Å². The number of para-hydroxylation sites is 1. The van der Waals surface area contributed by atoms with Gasteiger partial charge in [0.2, 0.25) is 5.52 Å². The molecule has 0 bridgehead atoms. The van der Waals surface area contributed by atoms with Crippen molar-refractivity contribution in [2.45, 2.75) is 6.92 Å². The Balaban J connectivity index is 1.71. The predicted octanol–water partition coefficient (Wildman–Crippen LogP) is 6.07. The van der Waals surface area contributed by atoms with Gasteiger partial charge in [-0.1, -0.05) is 78.9 Å². The van der Waals surface area contributed by atoms with Gasteiger partial charge in [0, 0.05) is 16.4 Å². The first kappa shape index (κ1) is 16.2. The molecule has 4 aromatic carbocycles. The van der Waals surface area contributed by atoms with Gasteiger partial charge < -0.3 is 4.52 Å². The number of rotatable bonds is 2. The molecule has 0 aliphatic carbocycles. The topological polar surface area (TPSA) is 26.3 Å². The molecule has 5 rings (SSSR count). The number of benzene rings is 4. The monoisotopic (exact) mass is 368 g/mol. The van der Waals surface area contributed by atoms with Gasteiger partial charge in [-0.15, -0.1) is 0 Å². The second-order valence-corrected chi connectivity index (χ2v) is 8.34. The summed E-state index contributed by atoms with van der Waals surface area (Å²) in [6.45, 7) is 2.00. The summed E-state index contributed by atoms with van der Waals surface area (Å²) in [6, 6.07) is 28.2. The third-order valence-electron chi connectivity index (χ3n) is 5.03. The summed E-state index contributed by atoms with van der Waals surface area (Å²) in [5.74, 6) is 0.786. The van der Waals surface area contributed by atoms with Crippen molar-refractivity contribution in [3.05, 3.63) is 96.1 Å². The van der Waals surface area contributed by atoms with Crippen LogP contribution in [0.3, 0.4) is 0 Å². The number of hydrogen-bond acceptors (Lipinski definition) is 2. The average Bonchev–Trinajstić information content (AvgIpc) is 2.72. The lowest BCUT2D eigenvalue weighted by atomic mass is 10.0. The molecule has 0 radical (unpaired) electrons. The van der Waals surface area contributed by atoms with Crippen LogP contribution in [0, 0.1) is 6.92 Å². The number of carbonyl (C=O) groups excluding carboxylic acids is 1. The van der Waals surface area contributed by atoms with Crippen LogP contribution in [0.5, 0.6) is 5.75 Å². The summed E-state index contributed by atoms with van der Waals surface area (Å²) < 4.78 is 6.29. The summed E-state index contributed by atoms with van der Waals surface area (Å²) >= 11 is 0. The highest BCUT2D eigenvalue weighted by Crippen LogP contribution is 2.51. The zero-order chi connectivity index (χ0) is 18.4. The SMILES string of the molecule is Cc1ccc2ccccc2c1C(=O)P1Oc2ccccc2-c2ccccc21. The molecule has 130 valence electrons. The van der Waals surface area contributed by atoms with Gasteiger partial charge in [0.15, 0.2) is 8.15 Å². The molecule has 2 nitrogen and oxygen atoms in total. The van der Waals surface area contributed by atoms with E-state index in [9.17, 15) is 4.79 Å². The molecule has 3 heteroatoms. The molecule has 1 heterocycles. The van der Waals surface area contributed by atoms with E-state index in [4.69, 9.17) is 4.52 Å². The summed E-state index contributed by atoms with van der Waals surface area (Å²) in [4.78, 5) is 13.7. The van der Waals surface area contributed by atoms with E-state index in [1.54, 1.807) is 0 Å². The van der Waals surface area contributed by atoms with Crippen molar-refractivity contribution >= 4 is 29.7 Å². The highest BCUT2D eigenvalue weighted by atomic mass is 31.1. The number of aryl methyl sites for hydroxylation is 1. The number of fused-ring (bicyclic) bond motifs is 4. The third kappa shape index (κ3) is 2.57. The Bertz CT molecular complexity index is 1200. The molecule has 0 fully saturated rings. The standard InChI is InChI=1S/C24H17O2P/c1-16-14-15-17-8-2-3-9-18(17)23(16)24(25)27-22-13-7-5-11-20(22)19-10-4-6-12-21(19)26-27/h2-15H,1H3. The smallest absolute Gasteiger partial charge is 0.229 e. The zero-order valence-corrected chi connectivity index (χ0v) is 15.7. The van der Waals surface area contributed by atoms with E-state index in [-0.39, 0.29) is 5.52 Å². The van der Waals surface area contributed by atoms with E-state index in [2.05, 4.69) is 18.2 Å². The van der Waals surface area contributed by atoms with Crippen molar-refractivity contribution in [3.8, 4) is 16.9 Å². The van der Waals surface area contributed by atoms with Crippen molar-refractivity contribution in [1.82, 2.24) is 0 Å². The summed E-state index contributed by atoms with van der Waals surface area (Å²) in [5, 5.41) is 3.06.